The van der Waals surface area contributed by atoms with Gasteiger partial charge in [-0.1, -0.05) is 27.7 Å². The molecule has 0 saturated carbocycles. The Bertz CT molecular complexity index is 124. The van der Waals surface area contributed by atoms with Crippen LogP contribution in [0.1, 0.15) is 41.5 Å². The fourth-order valence-electron chi connectivity index (χ4n) is 0.968. The van der Waals surface area contributed by atoms with E-state index in [1.807, 2.05) is 0 Å². The highest BCUT2D eigenvalue weighted by atomic mass is 79.9. The van der Waals surface area contributed by atoms with Crippen LogP contribution >= 0.6 is 17.0 Å². The van der Waals surface area contributed by atoms with E-state index >= 15 is 0 Å². The molecule has 0 spiro atoms. The monoisotopic (exact) mass is 237 g/mol. The molecule has 0 aliphatic heterocycles. The normalized spacial score (nSPS) is 13.0. The summed E-state index contributed by atoms with van der Waals surface area (Å²) in [5.41, 5.74) is 0.625. The van der Waals surface area contributed by atoms with Crippen molar-refractivity contribution in [2.24, 2.45) is 5.41 Å². The summed E-state index contributed by atoms with van der Waals surface area (Å²) in [5.74, 6) is 0. The first-order chi connectivity index (χ1) is 4.73. The van der Waals surface area contributed by atoms with Gasteiger partial charge in [-0.3, -0.25) is 0 Å². The predicted molar refractivity (Wildman–Crippen MR) is 62.2 cm³/mol. The summed E-state index contributed by atoms with van der Waals surface area (Å²) < 4.78 is 0. The van der Waals surface area contributed by atoms with Crippen LogP contribution in [0.15, 0.2) is 0 Å². The van der Waals surface area contributed by atoms with Crippen molar-refractivity contribution in [1.82, 2.24) is 4.90 Å². The summed E-state index contributed by atoms with van der Waals surface area (Å²) in [7, 11) is 2.19. The second-order valence-corrected chi connectivity index (χ2v) is 4.82. The third kappa shape index (κ3) is 3.06. The lowest BCUT2D eigenvalue weighted by molar-refractivity contribution is 0.0479. The Kier molecular flexibility index (Phi) is 5.74. The molecule has 0 saturated heterocycles. The van der Waals surface area contributed by atoms with Crippen molar-refractivity contribution >= 4 is 17.0 Å². The molecule has 0 atom stereocenters. The van der Waals surface area contributed by atoms with Crippen molar-refractivity contribution in [2.75, 3.05) is 13.6 Å². The zero-order valence-corrected chi connectivity index (χ0v) is 11.3. The first-order valence-electron chi connectivity index (χ1n) is 4.44. The highest BCUT2D eigenvalue weighted by molar-refractivity contribution is 8.93. The lowest BCUT2D eigenvalue weighted by Gasteiger charge is -2.45. The van der Waals surface area contributed by atoms with Gasteiger partial charge >= 0.3 is 0 Å². The molecule has 0 unspecified atom stereocenters. The SMILES string of the molecule is Br.CCN(C)C(C)(C)C(C)(C)C. The minimum atomic E-state index is 0. The Hall–Kier alpha value is 0.440. The fraction of sp³-hybridized carbons (Fsp3) is 1.00. The molecule has 0 aliphatic carbocycles. The maximum atomic E-state index is 2.40. The van der Waals surface area contributed by atoms with Crippen molar-refractivity contribution in [2.45, 2.75) is 47.1 Å². The molecule has 0 amide bonds. The standard InChI is InChI=1S/C10H23N.BrH/c1-8-11(7)10(5,6)9(2,3)4;/h8H2,1-7H3;1H. The molecular formula is C10H24BrN. The number of nitrogens with zero attached hydrogens (tertiary/aromatic N) is 1. The van der Waals surface area contributed by atoms with Crippen LogP contribution in [-0.4, -0.2) is 24.0 Å². The maximum absolute atomic E-state index is 2.40. The average molecular weight is 238 g/mol. The molecule has 0 fully saturated rings. The molecule has 0 rings (SSSR count). The van der Waals surface area contributed by atoms with Crippen LogP contribution < -0.4 is 0 Å². The van der Waals surface area contributed by atoms with Crippen molar-refractivity contribution in [3.05, 3.63) is 0 Å². The van der Waals surface area contributed by atoms with Crippen molar-refractivity contribution < 1.29 is 0 Å². The lowest BCUT2D eigenvalue weighted by atomic mass is 9.75. The highest BCUT2D eigenvalue weighted by Crippen LogP contribution is 2.33. The number of hydrogen-bond acceptors (Lipinski definition) is 1. The molecule has 0 radical (unpaired) electrons. The van der Waals surface area contributed by atoms with E-state index in [9.17, 15) is 0 Å². The Morgan fingerprint density at radius 1 is 1.00 bits per heavy atom. The van der Waals surface area contributed by atoms with Crippen LogP contribution in [0.4, 0.5) is 0 Å². The number of hydrogen-bond donors (Lipinski definition) is 0. The summed E-state index contributed by atoms with van der Waals surface area (Å²) in [4.78, 5) is 2.40. The van der Waals surface area contributed by atoms with E-state index in [0.717, 1.165) is 6.54 Å². The van der Waals surface area contributed by atoms with Gasteiger partial charge in [0.1, 0.15) is 0 Å². The van der Waals surface area contributed by atoms with Crippen LogP contribution in [0.5, 0.6) is 0 Å². The molecule has 2 heteroatoms. The number of rotatable bonds is 2. The molecule has 0 heterocycles. The average Bonchev–Trinajstić information content (AvgIpc) is 1.83. The first kappa shape index (κ1) is 14.9. The minimum Gasteiger partial charge on any atom is -0.301 e. The molecule has 76 valence electrons. The Balaban J connectivity index is 0. The largest absolute Gasteiger partial charge is 0.301 e. The third-order valence-electron chi connectivity index (χ3n) is 3.26. The molecule has 0 aromatic carbocycles. The van der Waals surface area contributed by atoms with Gasteiger partial charge in [-0.05, 0) is 32.9 Å². The predicted octanol–water partition coefficient (Wildman–Crippen LogP) is 3.34. The maximum Gasteiger partial charge on any atom is 0.0198 e. The Labute approximate surface area is 88.3 Å². The van der Waals surface area contributed by atoms with Gasteiger partial charge in [0.15, 0.2) is 0 Å². The summed E-state index contributed by atoms with van der Waals surface area (Å²) >= 11 is 0. The van der Waals surface area contributed by atoms with E-state index in [4.69, 9.17) is 0 Å². The third-order valence-corrected chi connectivity index (χ3v) is 3.26. The summed E-state index contributed by atoms with van der Waals surface area (Å²) in [6.07, 6.45) is 0. The van der Waals surface area contributed by atoms with Gasteiger partial charge < -0.3 is 4.90 Å². The van der Waals surface area contributed by atoms with E-state index in [1.54, 1.807) is 0 Å². The smallest absolute Gasteiger partial charge is 0.0198 e. The first-order valence-corrected chi connectivity index (χ1v) is 4.44. The van der Waals surface area contributed by atoms with Crippen LogP contribution in [0.3, 0.4) is 0 Å². The zero-order valence-electron chi connectivity index (χ0n) is 9.56. The van der Waals surface area contributed by atoms with Crippen LogP contribution in [-0.2, 0) is 0 Å². The van der Waals surface area contributed by atoms with Crippen LogP contribution in [0, 0.1) is 5.41 Å². The van der Waals surface area contributed by atoms with E-state index in [2.05, 4.69) is 53.5 Å². The van der Waals surface area contributed by atoms with Gasteiger partial charge in [0.2, 0.25) is 0 Å². The van der Waals surface area contributed by atoms with E-state index in [0.29, 0.717) is 5.41 Å². The molecule has 0 N–H and O–H groups in total. The fourth-order valence-corrected chi connectivity index (χ4v) is 0.968. The molecular weight excluding hydrogens is 214 g/mol. The minimum absolute atomic E-state index is 0. The molecule has 0 aromatic rings. The highest BCUT2D eigenvalue weighted by Gasteiger charge is 2.35. The molecule has 12 heavy (non-hydrogen) atoms. The van der Waals surface area contributed by atoms with Gasteiger partial charge in [-0.2, -0.15) is 0 Å². The van der Waals surface area contributed by atoms with E-state index in [-0.39, 0.29) is 22.5 Å². The molecule has 0 aliphatic rings. The summed E-state index contributed by atoms with van der Waals surface area (Å²) in [6.45, 7) is 14.8. The van der Waals surface area contributed by atoms with Gasteiger partial charge in [0.05, 0.1) is 0 Å². The van der Waals surface area contributed by atoms with Gasteiger partial charge in [-0.15, -0.1) is 17.0 Å². The van der Waals surface area contributed by atoms with Crippen molar-refractivity contribution in [1.29, 1.82) is 0 Å². The summed E-state index contributed by atoms with van der Waals surface area (Å²) in [5, 5.41) is 0. The number of halogens is 1. The Morgan fingerprint density at radius 3 is 1.42 bits per heavy atom. The van der Waals surface area contributed by atoms with Gasteiger partial charge in [0, 0.05) is 5.54 Å². The van der Waals surface area contributed by atoms with Crippen LogP contribution in [0.2, 0.25) is 0 Å². The Morgan fingerprint density at radius 2 is 1.33 bits per heavy atom. The summed E-state index contributed by atoms with van der Waals surface area (Å²) in [6, 6.07) is 0. The zero-order chi connectivity index (χ0) is 9.28. The lowest BCUT2D eigenvalue weighted by Crippen LogP contribution is -2.50. The van der Waals surface area contributed by atoms with Crippen LogP contribution in [0.25, 0.3) is 0 Å². The van der Waals surface area contributed by atoms with Gasteiger partial charge in [-0.25, -0.2) is 0 Å². The van der Waals surface area contributed by atoms with Crippen molar-refractivity contribution in [3.63, 3.8) is 0 Å². The second kappa shape index (κ2) is 4.61. The second-order valence-electron chi connectivity index (χ2n) is 4.82. The molecule has 1 nitrogen and oxygen atoms in total. The quantitative estimate of drug-likeness (QED) is 0.713. The molecule has 0 bridgehead atoms. The van der Waals surface area contributed by atoms with E-state index in [1.165, 1.54) is 0 Å². The molecule has 0 aromatic heterocycles. The van der Waals surface area contributed by atoms with E-state index < -0.39 is 0 Å². The topological polar surface area (TPSA) is 3.24 Å². The van der Waals surface area contributed by atoms with Gasteiger partial charge in [0.25, 0.3) is 0 Å². The van der Waals surface area contributed by atoms with Crippen molar-refractivity contribution in [3.8, 4) is 0 Å².